The predicted molar refractivity (Wildman–Crippen MR) is 394 cm³/mol. The maximum absolute atomic E-state index is 16.1. The molecule has 460 valence electrons. The predicted octanol–water partition coefficient (Wildman–Crippen LogP) is 19.0. The summed E-state index contributed by atoms with van der Waals surface area (Å²) in [6.45, 7) is 0. The van der Waals surface area contributed by atoms with Gasteiger partial charge in [-0.3, -0.25) is 18.7 Å². The second kappa shape index (κ2) is 23.8. The molecule has 98 heavy (non-hydrogen) atoms. The van der Waals surface area contributed by atoms with Gasteiger partial charge in [0.05, 0.1) is 49.9 Å². The van der Waals surface area contributed by atoms with Crippen molar-refractivity contribution in [2.24, 2.45) is 0 Å². The Morgan fingerprint density at radius 3 is 1.31 bits per heavy atom. The minimum Gasteiger partial charge on any atom is -0.308 e. The van der Waals surface area contributed by atoms with Crippen molar-refractivity contribution < 1.29 is 0 Å². The van der Waals surface area contributed by atoms with Gasteiger partial charge in [-0.2, -0.15) is 0 Å². The first kappa shape index (κ1) is 57.1. The molecule has 0 bridgehead atoms. The lowest BCUT2D eigenvalue weighted by Gasteiger charge is -2.21. The molecule has 12 aromatic carbocycles. The first-order chi connectivity index (χ1) is 48.5. The molecule has 18 aromatic rings. The van der Waals surface area contributed by atoms with Gasteiger partial charge in [0, 0.05) is 60.9 Å². The van der Waals surface area contributed by atoms with Crippen LogP contribution in [-0.2, 0) is 0 Å². The van der Waals surface area contributed by atoms with Gasteiger partial charge in [-0.25, -0.2) is 34.5 Å². The molecule has 0 N–H and O–H groups in total. The lowest BCUT2D eigenvalue weighted by atomic mass is 9.96. The SMILES string of the molecule is O=c1c2c3ccccc3n(-c3ccccc3)c2nc(-c2cccc(-c3nc(-c4ccccc4)nc(-c4cccc(-c5ccc(-c6nc(-n7c(-c8ccccc8)c(-c8ccccc8)c8c(c7=O)c7ccccc7n8-c7ccccc7)nc7ccccc67)cc5)c4)n3)c2)n1-c1ccccc1. The fraction of sp³-hybridized carbons (Fsp3) is 0. The lowest BCUT2D eigenvalue weighted by molar-refractivity contribution is 0.919. The smallest absolute Gasteiger partial charge is 0.268 e. The summed E-state index contributed by atoms with van der Waals surface area (Å²) in [4.78, 5) is 63.3. The van der Waals surface area contributed by atoms with Crippen molar-refractivity contribution in [3.63, 3.8) is 0 Å². The van der Waals surface area contributed by atoms with E-state index in [1.165, 1.54) is 0 Å². The third-order valence-corrected chi connectivity index (χ3v) is 18.3. The van der Waals surface area contributed by atoms with Gasteiger partial charge in [-0.1, -0.05) is 261 Å². The highest BCUT2D eigenvalue weighted by Gasteiger charge is 2.29. The van der Waals surface area contributed by atoms with E-state index in [-0.39, 0.29) is 17.1 Å². The summed E-state index contributed by atoms with van der Waals surface area (Å²) < 4.78 is 7.73. The zero-order valence-electron chi connectivity index (χ0n) is 52.5. The molecule has 18 rings (SSSR count). The standard InChI is InChI=1S/C86H54N10O2/c97-84-74-68-44-20-23-47-71(68)93(64-37-13-4-14-38-64)78(74)73(56-27-7-1-8-28-56)77(58-29-9-2-10-30-58)96(84)86-87-70-46-22-19-43-67(70)76(88-86)57-51-49-55(50-52-57)60-33-25-34-61(53-60)80-89-79(59-31-11-3-12-32-59)90-81(91-80)62-35-26-36-63(54-62)82-92-83-75(85(98)95(82)66-41-17-6-18-42-66)69-45-21-24-48-72(69)94(83)65-39-15-5-16-40-65/h1-54H. The van der Waals surface area contributed by atoms with E-state index in [1.807, 2.05) is 249 Å². The number of rotatable bonds is 12. The van der Waals surface area contributed by atoms with E-state index in [9.17, 15) is 0 Å². The highest BCUT2D eigenvalue weighted by atomic mass is 16.1. The Morgan fingerprint density at radius 2 is 0.694 bits per heavy atom. The topological polar surface area (TPSA) is 131 Å². The molecule has 0 saturated heterocycles. The van der Waals surface area contributed by atoms with Gasteiger partial charge in [0.15, 0.2) is 23.1 Å². The summed E-state index contributed by atoms with van der Waals surface area (Å²) in [7, 11) is 0. The second-order valence-corrected chi connectivity index (χ2v) is 24.1. The van der Waals surface area contributed by atoms with Gasteiger partial charge in [0.1, 0.15) is 5.82 Å². The number of nitrogens with zero attached hydrogens (tertiary/aromatic N) is 10. The van der Waals surface area contributed by atoms with Crippen LogP contribution >= 0.6 is 0 Å². The molecule has 12 heteroatoms. The summed E-state index contributed by atoms with van der Waals surface area (Å²) >= 11 is 0. The maximum atomic E-state index is 16.1. The van der Waals surface area contributed by atoms with E-state index in [2.05, 4.69) is 88.0 Å². The van der Waals surface area contributed by atoms with Crippen molar-refractivity contribution in [3.05, 3.63) is 348 Å². The van der Waals surface area contributed by atoms with Crippen LogP contribution in [0.1, 0.15) is 0 Å². The van der Waals surface area contributed by atoms with E-state index < -0.39 is 0 Å². The number of hydrogen-bond donors (Lipinski definition) is 0. The number of hydrogen-bond acceptors (Lipinski definition) is 8. The summed E-state index contributed by atoms with van der Waals surface area (Å²) in [5, 5.41) is 3.57. The van der Waals surface area contributed by atoms with Crippen LogP contribution in [0, 0.1) is 0 Å². The van der Waals surface area contributed by atoms with E-state index in [1.54, 1.807) is 9.13 Å². The Hall–Kier alpha value is -13.6. The van der Waals surface area contributed by atoms with Crippen LogP contribution in [0.3, 0.4) is 0 Å². The highest BCUT2D eigenvalue weighted by Crippen LogP contribution is 2.44. The number of pyridine rings is 1. The zero-order valence-corrected chi connectivity index (χ0v) is 52.5. The zero-order chi connectivity index (χ0) is 65.2. The number of fused-ring (bicyclic) bond motifs is 7. The lowest BCUT2D eigenvalue weighted by Crippen LogP contribution is -2.24. The van der Waals surface area contributed by atoms with Gasteiger partial charge in [-0.15, -0.1) is 0 Å². The third-order valence-electron chi connectivity index (χ3n) is 18.3. The number of aromatic nitrogens is 10. The van der Waals surface area contributed by atoms with Gasteiger partial charge in [0.2, 0.25) is 5.95 Å². The molecule has 0 aliphatic heterocycles. The summed E-state index contributed by atoms with van der Waals surface area (Å²) in [5.74, 6) is 2.15. The van der Waals surface area contributed by atoms with Crippen LogP contribution in [0.4, 0.5) is 0 Å². The van der Waals surface area contributed by atoms with Gasteiger partial charge in [0.25, 0.3) is 11.1 Å². The van der Waals surface area contributed by atoms with Gasteiger partial charge >= 0.3 is 0 Å². The van der Waals surface area contributed by atoms with Crippen molar-refractivity contribution in [2.75, 3.05) is 0 Å². The Balaban J connectivity index is 0.759. The Labute approximate surface area is 561 Å². The molecule has 0 aliphatic carbocycles. The summed E-state index contributed by atoms with van der Waals surface area (Å²) in [6, 6.07) is 109. The highest BCUT2D eigenvalue weighted by molar-refractivity contribution is 6.16. The van der Waals surface area contributed by atoms with Gasteiger partial charge in [-0.05, 0) is 89.0 Å². The fourth-order valence-corrected chi connectivity index (χ4v) is 13.9. The van der Waals surface area contributed by atoms with E-state index in [4.69, 9.17) is 29.9 Å². The molecule has 0 atom stereocenters. The van der Waals surface area contributed by atoms with Crippen molar-refractivity contribution >= 4 is 54.6 Å². The third kappa shape index (κ3) is 9.69. The molecule has 0 unspecified atom stereocenters. The van der Waals surface area contributed by atoms with Crippen LogP contribution in [0.25, 0.3) is 168 Å². The molecule has 6 aromatic heterocycles. The summed E-state index contributed by atoms with van der Waals surface area (Å²) in [5.41, 5.74) is 15.7. The van der Waals surface area contributed by atoms with Crippen molar-refractivity contribution in [1.29, 1.82) is 0 Å². The molecule has 0 saturated carbocycles. The Kier molecular flexibility index (Phi) is 13.8. The van der Waals surface area contributed by atoms with E-state index >= 15 is 9.59 Å². The van der Waals surface area contributed by atoms with E-state index in [0.717, 1.165) is 88.6 Å². The van der Waals surface area contributed by atoms with Gasteiger partial charge < -0.3 is 4.57 Å². The largest absolute Gasteiger partial charge is 0.308 e. The number of para-hydroxylation sites is 6. The first-order valence-corrected chi connectivity index (χ1v) is 32.4. The van der Waals surface area contributed by atoms with Crippen LogP contribution in [-0.4, -0.2) is 48.2 Å². The minimum atomic E-state index is -0.235. The second-order valence-electron chi connectivity index (χ2n) is 24.1. The average Bonchev–Trinajstić information content (AvgIpc) is 1.49. The quantitative estimate of drug-likeness (QED) is 0.118. The molecule has 0 spiro atoms. The van der Waals surface area contributed by atoms with Crippen LogP contribution in [0.5, 0.6) is 0 Å². The monoisotopic (exact) mass is 1260 g/mol. The normalized spacial score (nSPS) is 11.6. The molecule has 12 nitrogen and oxygen atoms in total. The van der Waals surface area contributed by atoms with E-state index in [0.29, 0.717) is 73.4 Å². The van der Waals surface area contributed by atoms with Crippen LogP contribution in [0.15, 0.2) is 337 Å². The number of benzene rings is 12. The first-order valence-electron chi connectivity index (χ1n) is 32.4. The van der Waals surface area contributed by atoms with Crippen molar-refractivity contribution in [2.45, 2.75) is 0 Å². The molecule has 6 heterocycles. The Bertz CT molecular complexity index is 6260. The van der Waals surface area contributed by atoms with Crippen molar-refractivity contribution in [3.8, 4) is 113 Å². The van der Waals surface area contributed by atoms with Crippen LogP contribution < -0.4 is 11.1 Å². The maximum Gasteiger partial charge on any atom is 0.268 e. The molecular weight excluding hydrogens is 1210 g/mol. The average molecular weight is 1260 g/mol. The molecule has 0 fully saturated rings. The minimum absolute atomic E-state index is 0.185. The molecule has 0 radical (unpaired) electrons. The van der Waals surface area contributed by atoms with Crippen molar-refractivity contribution in [1.82, 2.24) is 48.2 Å². The Morgan fingerprint density at radius 1 is 0.265 bits per heavy atom. The molecular formula is C86H54N10O2. The fourth-order valence-electron chi connectivity index (χ4n) is 13.9. The summed E-state index contributed by atoms with van der Waals surface area (Å²) in [6.07, 6.45) is 0. The molecule has 0 aliphatic rings. The van der Waals surface area contributed by atoms with Crippen LogP contribution in [0.2, 0.25) is 0 Å². The molecule has 0 amide bonds.